The lowest BCUT2D eigenvalue weighted by Gasteiger charge is -2.36. The Hall–Kier alpha value is -3.11. The fraction of sp³-hybridized carbons (Fsp3) is 0.273. The number of aliphatic hydroxyl groups is 1. The zero-order valence-electron chi connectivity index (χ0n) is 17.2. The number of amides is 1. The molecule has 10 heteroatoms. The lowest BCUT2D eigenvalue weighted by Crippen LogP contribution is -2.43. The van der Waals surface area contributed by atoms with Gasteiger partial charge in [0, 0.05) is 10.6 Å². The van der Waals surface area contributed by atoms with Crippen molar-refractivity contribution in [3.05, 3.63) is 64.2 Å². The van der Waals surface area contributed by atoms with Crippen LogP contribution in [0.5, 0.6) is 5.75 Å². The van der Waals surface area contributed by atoms with Gasteiger partial charge in [-0.3, -0.25) is 4.79 Å². The molecule has 1 aliphatic heterocycles. The smallest absolute Gasteiger partial charge is 0.416 e. The number of benzene rings is 2. The van der Waals surface area contributed by atoms with Crippen LogP contribution in [0.2, 0.25) is 0 Å². The molecule has 3 aromatic rings. The normalized spacial score (nSPS) is 15.8. The SMILES string of the molecule is Cc1nc(N2c3cccc(C(=O)Nc4ccc(C(F)(F)F)cc4)c3OC[C@@H]2CO)sc1C. The molecule has 0 fully saturated rings. The third kappa shape index (κ3) is 4.15. The number of aromatic nitrogens is 1. The van der Waals surface area contributed by atoms with Gasteiger partial charge in [-0.25, -0.2) is 4.98 Å². The van der Waals surface area contributed by atoms with Gasteiger partial charge in [0.15, 0.2) is 10.9 Å². The Labute approximate surface area is 186 Å². The number of aryl methyl sites for hydroxylation is 2. The zero-order chi connectivity index (χ0) is 23.0. The van der Waals surface area contributed by atoms with Crippen LogP contribution in [0.15, 0.2) is 42.5 Å². The molecular formula is C22H20F3N3O3S. The molecule has 1 amide bonds. The third-order valence-electron chi connectivity index (χ3n) is 5.19. The number of alkyl halides is 3. The molecule has 2 heterocycles. The Balaban J connectivity index is 1.66. The first-order chi connectivity index (χ1) is 15.2. The number of carbonyl (C=O) groups is 1. The Morgan fingerprint density at radius 3 is 2.56 bits per heavy atom. The van der Waals surface area contributed by atoms with Crippen LogP contribution in [0.25, 0.3) is 0 Å². The first-order valence-corrected chi connectivity index (χ1v) is 10.6. The molecule has 32 heavy (non-hydrogen) atoms. The van der Waals surface area contributed by atoms with E-state index in [9.17, 15) is 23.1 Å². The highest BCUT2D eigenvalue weighted by molar-refractivity contribution is 7.15. The van der Waals surface area contributed by atoms with Crippen molar-refractivity contribution in [2.75, 3.05) is 23.4 Å². The van der Waals surface area contributed by atoms with E-state index in [4.69, 9.17) is 4.74 Å². The number of rotatable bonds is 4. The lowest BCUT2D eigenvalue weighted by molar-refractivity contribution is -0.137. The van der Waals surface area contributed by atoms with Gasteiger partial charge in [0.25, 0.3) is 5.91 Å². The van der Waals surface area contributed by atoms with Crippen molar-refractivity contribution in [1.29, 1.82) is 0 Å². The highest BCUT2D eigenvalue weighted by Crippen LogP contribution is 2.43. The van der Waals surface area contributed by atoms with Crippen LogP contribution >= 0.6 is 11.3 Å². The topological polar surface area (TPSA) is 74.7 Å². The van der Waals surface area contributed by atoms with Crippen LogP contribution in [0.1, 0.15) is 26.5 Å². The van der Waals surface area contributed by atoms with Crippen LogP contribution in [0.4, 0.5) is 29.7 Å². The Bertz CT molecular complexity index is 1130. The molecule has 6 nitrogen and oxygen atoms in total. The summed E-state index contributed by atoms with van der Waals surface area (Å²) >= 11 is 1.48. The minimum Gasteiger partial charge on any atom is -0.488 e. The standard InChI is InChI=1S/C22H20F3N3O3S/c1-12-13(2)32-21(26-12)28-16(10-29)11-31-19-17(4-3-5-18(19)28)20(30)27-15-8-6-14(7-9-15)22(23,24)25/h3-9,16,29H,10-11H2,1-2H3,(H,27,30)/t16-/m0/s1. The van der Waals surface area contributed by atoms with E-state index in [1.54, 1.807) is 18.2 Å². The van der Waals surface area contributed by atoms with Crippen molar-refractivity contribution < 1.29 is 27.8 Å². The molecule has 0 saturated carbocycles. The van der Waals surface area contributed by atoms with Gasteiger partial charge in [-0.1, -0.05) is 6.07 Å². The maximum atomic E-state index is 12.9. The highest BCUT2D eigenvalue weighted by atomic mass is 32.1. The minimum absolute atomic E-state index is 0.145. The van der Waals surface area contributed by atoms with Crippen LogP contribution < -0.4 is 15.0 Å². The van der Waals surface area contributed by atoms with Crippen molar-refractivity contribution >= 4 is 33.8 Å². The van der Waals surface area contributed by atoms with Crippen molar-refractivity contribution in [3.8, 4) is 5.75 Å². The predicted octanol–water partition coefficient (Wildman–Crippen LogP) is 4.92. The highest BCUT2D eigenvalue weighted by Gasteiger charge is 2.33. The number of nitrogens with zero attached hydrogens (tertiary/aromatic N) is 2. The van der Waals surface area contributed by atoms with E-state index < -0.39 is 17.6 Å². The molecule has 0 aliphatic carbocycles. The number of para-hydroxylation sites is 1. The summed E-state index contributed by atoms with van der Waals surface area (Å²) in [5.74, 6) is -0.192. The molecule has 1 atom stereocenters. The van der Waals surface area contributed by atoms with Crippen LogP contribution in [0.3, 0.4) is 0 Å². The van der Waals surface area contributed by atoms with Crippen LogP contribution in [-0.4, -0.2) is 35.3 Å². The second-order valence-electron chi connectivity index (χ2n) is 7.34. The Morgan fingerprint density at radius 2 is 1.97 bits per heavy atom. The van der Waals surface area contributed by atoms with E-state index in [1.165, 1.54) is 23.5 Å². The van der Waals surface area contributed by atoms with Gasteiger partial charge in [-0.05, 0) is 50.2 Å². The van der Waals surface area contributed by atoms with Crippen molar-refractivity contribution in [2.45, 2.75) is 26.1 Å². The number of hydrogen-bond acceptors (Lipinski definition) is 6. The van der Waals surface area contributed by atoms with Gasteiger partial charge in [0.2, 0.25) is 0 Å². The number of ether oxygens (including phenoxy) is 1. The molecule has 0 radical (unpaired) electrons. The van der Waals surface area contributed by atoms with E-state index >= 15 is 0 Å². The van der Waals surface area contributed by atoms with Gasteiger partial charge >= 0.3 is 6.18 Å². The number of nitrogens with one attached hydrogen (secondary N) is 1. The fourth-order valence-electron chi connectivity index (χ4n) is 3.39. The monoisotopic (exact) mass is 463 g/mol. The summed E-state index contributed by atoms with van der Waals surface area (Å²) in [7, 11) is 0. The number of aliphatic hydroxyl groups excluding tert-OH is 1. The average molecular weight is 463 g/mol. The summed E-state index contributed by atoms with van der Waals surface area (Å²) in [4.78, 5) is 20.4. The summed E-state index contributed by atoms with van der Waals surface area (Å²) in [6, 6.07) is 8.88. The van der Waals surface area contributed by atoms with Crippen molar-refractivity contribution in [3.63, 3.8) is 0 Å². The van der Waals surface area contributed by atoms with Crippen LogP contribution in [-0.2, 0) is 6.18 Å². The van der Waals surface area contributed by atoms with E-state index in [1.807, 2.05) is 18.7 Å². The summed E-state index contributed by atoms with van der Waals surface area (Å²) in [6.45, 7) is 3.84. The molecule has 168 valence electrons. The van der Waals surface area contributed by atoms with E-state index in [-0.39, 0.29) is 30.5 Å². The average Bonchev–Trinajstić information content (AvgIpc) is 3.09. The van der Waals surface area contributed by atoms with E-state index in [2.05, 4.69) is 10.3 Å². The first-order valence-electron chi connectivity index (χ1n) is 9.77. The maximum Gasteiger partial charge on any atom is 0.416 e. The molecule has 2 aromatic carbocycles. The van der Waals surface area contributed by atoms with E-state index in [0.717, 1.165) is 22.7 Å². The summed E-state index contributed by atoms with van der Waals surface area (Å²) in [5, 5.41) is 13.2. The largest absolute Gasteiger partial charge is 0.488 e. The maximum absolute atomic E-state index is 12.9. The third-order valence-corrected chi connectivity index (χ3v) is 6.26. The predicted molar refractivity (Wildman–Crippen MR) is 116 cm³/mol. The first kappa shape index (κ1) is 22.1. The zero-order valence-corrected chi connectivity index (χ0v) is 18.0. The Morgan fingerprint density at radius 1 is 1.25 bits per heavy atom. The number of anilines is 3. The fourth-order valence-corrected chi connectivity index (χ4v) is 4.38. The summed E-state index contributed by atoms with van der Waals surface area (Å²) in [5.41, 5.74) is 1.13. The quantitative estimate of drug-likeness (QED) is 0.574. The second-order valence-corrected chi connectivity index (χ2v) is 8.52. The lowest BCUT2D eigenvalue weighted by atomic mass is 10.1. The number of fused-ring (bicyclic) bond motifs is 1. The molecule has 0 unspecified atom stereocenters. The molecule has 1 aliphatic rings. The van der Waals surface area contributed by atoms with E-state index in [0.29, 0.717) is 16.6 Å². The molecule has 0 spiro atoms. The van der Waals surface area contributed by atoms with Crippen LogP contribution in [0, 0.1) is 13.8 Å². The van der Waals surface area contributed by atoms with Crippen molar-refractivity contribution in [1.82, 2.24) is 4.98 Å². The van der Waals surface area contributed by atoms with Gasteiger partial charge in [-0.15, -0.1) is 11.3 Å². The van der Waals surface area contributed by atoms with Gasteiger partial charge in [0.05, 0.1) is 35.2 Å². The Kier molecular flexibility index (Phi) is 5.83. The molecule has 0 bridgehead atoms. The summed E-state index contributed by atoms with van der Waals surface area (Å²) in [6.07, 6.45) is -4.45. The molecule has 2 N–H and O–H groups in total. The number of hydrogen-bond donors (Lipinski definition) is 2. The van der Waals surface area contributed by atoms with Gasteiger partial charge in [0.1, 0.15) is 6.61 Å². The number of carbonyl (C=O) groups excluding carboxylic acids is 1. The summed E-state index contributed by atoms with van der Waals surface area (Å²) < 4.78 is 44.1. The number of halogens is 3. The molecule has 0 saturated heterocycles. The molecule has 4 rings (SSSR count). The molecular weight excluding hydrogens is 443 g/mol. The molecule has 1 aromatic heterocycles. The minimum atomic E-state index is -4.45. The van der Waals surface area contributed by atoms with Gasteiger partial charge in [-0.2, -0.15) is 13.2 Å². The van der Waals surface area contributed by atoms with Crippen molar-refractivity contribution in [2.24, 2.45) is 0 Å². The number of thiazole rings is 1. The van der Waals surface area contributed by atoms with Gasteiger partial charge < -0.3 is 20.1 Å². The second kappa shape index (κ2) is 8.44.